The minimum Gasteiger partial charge on any atom is -0.505 e. The number of hydrogen-bond acceptors (Lipinski definition) is 5. The molecule has 0 aliphatic heterocycles. The van der Waals surface area contributed by atoms with E-state index in [4.69, 9.17) is 10.5 Å². The van der Waals surface area contributed by atoms with E-state index in [0.29, 0.717) is 5.56 Å². The number of rotatable bonds is 5. The van der Waals surface area contributed by atoms with Crippen LogP contribution in [0, 0.1) is 0 Å². The summed E-state index contributed by atoms with van der Waals surface area (Å²) < 4.78 is 5.11. The Balaban J connectivity index is 2.81. The van der Waals surface area contributed by atoms with Crippen LogP contribution in [-0.2, 0) is 16.0 Å². The number of carbonyl (C=O) groups is 2. The van der Waals surface area contributed by atoms with Gasteiger partial charge in [-0.05, 0) is 33.4 Å². The van der Waals surface area contributed by atoms with E-state index in [0.717, 1.165) is 0 Å². The summed E-state index contributed by atoms with van der Waals surface area (Å²) in [5.74, 6) is -0.198. The third kappa shape index (κ3) is 5.83. The van der Waals surface area contributed by atoms with E-state index < -0.39 is 11.7 Å². The van der Waals surface area contributed by atoms with Crippen molar-refractivity contribution in [2.24, 2.45) is 5.73 Å². The smallest absolute Gasteiger partial charge is 0.412 e. The average Bonchev–Trinajstić information content (AvgIpc) is 2.32. The third-order valence-corrected chi connectivity index (χ3v) is 2.57. The molecule has 0 aliphatic carbocycles. The standard InChI is InChI=1S/C15H22N2O4/c1-15(2,3)21-14(20)17-12-6-4-5-10(13(12)19)9-11(18)7-8-16/h4-6,19H,7-9,16H2,1-3H3,(H,17,20). The molecular formula is C15H22N2O4. The zero-order valence-electron chi connectivity index (χ0n) is 12.6. The monoisotopic (exact) mass is 294 g/mol. The minimum atomic E-state index is -0.664. The van der Waals surface area contributed by atoms with E-state index in [2.05, 4.69) is 5.32 Å². The summed E-state index contributed by atoms with van der Waals surface area (Å²) in [5, 5.41) is 12.6. The average molecular weight is 294 g/mol. The van der Waals surface area contributed by atoms with E-state index in [1.54, 1.807) is 32.9 Å². The van der Waals surface area contributed by atoms with Crippen LogP contribution >= 0.6 is 0 Å². The first-order valence-electron chi connectivity index (χ1n) is 6.75. The first-order valence-corrected chi connectivity index (χ1v) is 6.75. The topological polar surface area (TPSA) is 102 Å². The molecule has 0 fully saturated rings. The predicted molar refractivity (Wildman–Crippen MR) is 80.3 cm³/mol. The van der Waals surface area contributed by atoms with Crippen LogP contribution in [0.15, 0.2) is 18.2 Å². The van der Waals surface area contributed by atoms with Crippen molar-refractivity contribution in [3.8, 4) is 5.75 Å². The molecule has 0 saturated heterocycles. The van der Waals surface area contributed by atoms with Crippen molar-refractivity contribution >= 4 is 17.6 Å². The fraction of sp³-hybridized carbons (Fsp3) is 0.467. The van der Waals surface area contributed by atoms with Crippen molar-refractivity contribution in [3.05, 3.63) is 23.8 Å². The zero-order chi connectivity index (χ0) is 16.0. The van der Waals surface area contributed by atoms with Gasteiger partial charge in [0, 0.05) is 18.4 Å². The van der Waals surface area contributed by atoms with E-state index in [-0.39, 0.29) is 36.6 Å². The van der Waals surface area contributed by atoms with Crippen molar-refractivity contribution < 1.29 is 19.4 Å². The van der Waals surface area contributed by atoms with Crippen LogP contribution in [0.4, 0.5) is 10.5 Å². The van der Waals surface area contributed by atoms with Gasteiger partial charge in [-0.1, -0.05) is 12.1 Å². The Kier molecular flexibility index (Phi) is 5.72. The Bertz CT molecular complexity index is 521. The summed E-state index contributed by atoms with van der Waals surface area (Å²) in [6.07, 6.45) is -0.334. The van der Waals surface area contributed by atoms with Gasteiger partial charge in [-0.25, -0.2) is 4.79 Å². The van der Waals surface area contributed by atoms with Gasteiger partial charge in [0.15, 0.2) is 0 Å². The fourth-order valence-electron chi connectivity index (χ4n) is 1.71. The molecule has 0 saturated carbocycles. The maximum Gasteiger partial charge on any atom is 0.412 e. The van der Waals surface area contributed by atoms with Gasteiger partial charge in [0.2, 0.25) is 0 Å². The lowest BCUT2D eigenvalue weighted by Crippen LogP contribution is -2.27. The van der Waals surface area contributed by atoms with Crippen LogP contribution in [0.1, 0.15) is 32.8 Å². The highest BCUT2D eigenvalue weighted by Crippen LogP contribution is 2.28. The molecule has 0 aliphatic rings. The number of nitrogens with one attached hydrogen (secondary N) is 1. The Labute approximate surface area is 124 Å². The van der Waals surface area contributed by atoms with Crippen LogP contribution in [0.5, 0.6) is 5.75 Å². The van der Waals surface area contributed by atoms with Gasteiger partial charge >= 0.3 is 6.09 Å². The Morgan fingerprint density at radius 1 is 1.33 bits per heavy atom. The molecule has 116 valence electrons. The minimum absolute atomic E-state index is 0.0674. The highest BCUT2D eigenvalue weighted by molar-refractivity contribution is 5.88. The number of ketones is 1. The number of phenolic OH excluding ortho intramolecular Hbond substituents is 1. The molecule has 1 amide bonds. The molecule has 0 atom stereocenters. The molecule has 21 heavy (non-hydrogen) atoms. The van der Waals surface area contributed by atoms with Gasteiger partial charge in [0.25, 0.3) is 0 Å². The second-order valence-corrected chi connectivity index (χ2v) is 5.69. The summed E-state index contributed by atoms with van der Waals surface area (Å²) in [6.45, 7) is 5.51. The van der Waals surface area contributed by atoms with E-state index in [1.165, 1.54) is 6.07 Å². The molecule has 6 nitrogen and oxygen atoms in total. The molecule has 6 heteroatoms. The van der Waals surface area contributed by atoms with Crippen molar-refractivity contribution in [1.82, 2.24) is 0 Å². The zero-order valence-corrected chi connectivity index (χ0v) is 12.6. The lowest BCUT2D eigenvalue weighted by molar-refractivity contribution is -0.118. The van der Waals surface area contributed by atoms with Crippen molar-refractivity contribution in [3.63, 3.8) is 0 Å². The van der Waals surface area contributed by atoms with Crippen molar-refractivity contribution in [2.45, 2.75) is 39.2 Å². The molecule has 0 bridgehead atoms. The second kappa shape index (κ2) is 7.08. The number of aromatic hydroxyl groups is 1. The number of anilines is 1. The molecule has 0 aromatic heterocycles. The molecule has 4 N–H and O–H groups in total. The maximum atomic E-state index is 11.7. The number of carbonyl (C=O) groups excluding carboxylic acids is 2. The highest BCUT2D eigenvalue weighted by atomic mass is 16.6. The van der Waals surface area contributed by atoms with Gasteiger partial charge in [0.05, 0.1) is 5.69 Å². The lowest BCUT2D eigenvalue weighted by atomic mass is 10.0. The van der Waals surface area contributed by atoms with Crippen LogP contribution < -0.4 is 11.1 Å². The highest BCUT2D eigenvalue weighted by Gasteiger charge is 2.18. The van der Waals surface area contributed by atoms with Crippen LogP contribution in [-0.4, -0.2) is 29.1 Å². The Morgan fingerprint density at radius 2 is 2.00 bits per heavy atom. The quantitative estimate of drug-likeness (QED) is 0.723. The van der Waals surface area contributed by atoms with E-state index in [1.807, 2.05) is 0 Å². The fourth-order valence-corrected chi connectivity index (χ4v) is 1.71. The van der Waals surface area contributed by atoms with Gasteiger partial charge in [0.1, 0.15) is 17.1 Å². The van der Waals surface area contributed by atoms with Crippen LogP contribution in [0.3, 0.4) is 0 Å². The Hall–Kier alpha value is -2.08. The first-order chi connectivity index (χ1) is 9.73. The molecule has 1 rings (SSSR count). The second-order valence-electron chi connectivity index (χ2n) is 5.69. The number of hydrogen-bond donors (Lipinski definition) is 3. The summed E-state index contributed by atoms with van der Waals surface area (Å²) in [7, 11) is 0. The van der Waals surface area contributed by atoms with E-state index in [9.17, 15) is 14.7 Å². The molecule has 1 aromatic rings. The SMILES string of the molecule is CC(C)(C)OC(=O)Nc1cccc(CC(=O)CCN)c1O. The molecule has 0 unspecified atom stereocenters. The van der Waals surface area contributed by atoms with Gasteiger partial charge in [-0.2, -0.15) is 0 Å². The molecule has 0 heterocycles. The van der Waals surface area contributed by atoms with Crippen molar-refractivity contribution in [1.29, 1.82) is 0 Å². The van der Waals surface area contributed by atoms with Crippen LogP contribution in [0.25, 0.3) is 0 Å². The number of nitrogens with two attached hydrogens (primary N) is 1. The van der Waals surface area contributed by atoms with Crippen LogP contribution in [0.2, 0.25) is 0 Å². The lowest BCUT2D eigenvalue weighted by Gasteiger charge is -2.20. The number of Topliss-reactive ketones (excluding diaryl/α,β-unsaturated/α-hetero) is 1. The molecular weight excluding hydrogens is 272 g/mol. The summed E-state index contributed by atoms with van der Waals surface area (Å²) in [6, 6.07) is 4.82. The first kappa shape index (κ1) is 17.0. The number of amides is 1. The number of benzene rings is 1. The number of ether oxygens (including phenoxy) is 1. The van der Waals surface area contributed by atoms with Gasteiger partial charge in [-0.3, -0.25) is 10.1 Å². The summed E-state index contributed by atoms with van der Waals surface area (Å²) >= 11 is 0. The van der Waals surface area contributed by atoms with E-state index >= 15 is 0 Å². The molecule has 0 radical (unpaired) electrons. The maximum absolute atomic E-state index is 11.7. The largest absolute Gasteiger partial charge is 0.505 e. The predicted octanol–water partition coefficient (Wildman–Crippen LogP) is 2.20. The number of phenols is 1. The number of para-hydroxylation sites is 1. The van der Waals surface area contributed by atoms with Gasteiger partial charge < -0.3 is 15.6 Å². The van der Waals surface area contributed by atoms with Gasteiger partial charge in [-0.15, -0.1) is 0 Å². The van der Waals surface area contributed by atoms with Crippen molar-refractivity contribution in [2.75, 3.05) is 11.9 Å². The third-order valence-electron chi connectivity index (χ3n) is 2.57. The molecule has 0 spiro atoms. The summed E-state index contributed by atoms with van der Waals surface area (Å²) in [5.41, 5.74) is 5.35. The molecule has 1 aromatic carbocycles. The normalized spacial score (nSPS) is 11.0. The summed E-state index contributed by atoms with van der Waals surface area (Å²) in [4.78, 5) is 23.3. The Morgan fingerprint density at radius 3 is 2.57 bits per heavy atom.